The largest absolute Gasteiger partial charge is 0.378 e. The van der Waals surface area contributed by atoms with Crippen LogP contribution in [0.25, 0.3) is 0 Å². The van der Waals surface area contributed by atoms with Crippen molar-refractivity contribution in [3.8, 4) is 0 Å². The van der Waals surface area contributed by atoms with Crippen LogP contribution >= 0.6 is 11.6 Å². The van der Waals surface area contributed by atoms with E-state index < -0.39 is 0 Å². The minimum Gasteiger partial charge on any atom is -0.378 e. The molecule has 0 saturated carbocycles. The Morgan fingerprint density at radius 3 is 2.38 bits per heavy atom. The topological polar surface area (TPSA) is 59.1 Å². The lowest BCUT2D eigenvalue weighted by Gasteiger charge is -2.18. The van der Waals surface area contributed by atoms with Crippen molar-refractivity contribution in [1.82, 2.24) is 15.2 Å². The molecule has 6 heteroatoms. The Bertz CT molecular complexity index is 603. The highest BCUT2D eigenvalue weighted by Crippen LogP contribution is 2.26. The summed E-state index contributed by atoms with van der Waals surface area (Å²) in [5.41, 5.74) is 6.97. The van der Waals surface area contributed by atoms with E-state index in [1.165, 1.54) is 0 Å². The van der Waals surface area contributed by atoms with E-state index in [4.69, 9.17) is 17.4 Å². The normalized spacial score (nSPS) is 12.5. The summed E-state index contributed by atoms with van der Waals surface area (Å²) in [4.78, 5) is 2.07. The first-order chi connectivity index (χ1) is 9.93. The lowest BCUT2D eigenvalue weighted by molar-refractivity contribution is 0.530. The van der Waals surface area contributed by atoms with Crippen molar-refractivity contribution in [2.45, 2.75) is 19.4 Å². The fourth-order valence-electron chi connectivity index (χ4n) is 2.37. The number of nitrogens with one attached hydrogen (secondary N) is 1. The van der Waals surface area contributed by atoms with Gasteiger partial charge in [0.1, 0.15) is 0 Å². The number of anilines is 1. The van der Waals surface area contributed by atoms with Crippen LogP contribution in [0.2, 0.25) is 5.02 Å². The molecule has 0 spiro atoms. The molecule has 2 aromatic rings. The third kappa shape index (κ3) is 3.37. The van der Waals surface area contributed by atoms with Crippen molar-refractivity contribution < 1.29 is 0 Å². The molecular formula is C15H22ClN5. The maximum Gasteiger partial charge on any atom is 0.0847 e. The molecule has 114 valence electrons. The predicted octanol–water partition coefficient (Wildman–Crippen LogP) is 2.20. The van der Waals surface area contributed by atoms with Gasteiger partial charge in [0.25, 0.3) is 0 Å². The van der Waals surface area contributed by atoms with Gasteiger partial charge >= 0.3 is 0 Å². The van der Waals surface area contributed by atoms with Crippen LogP contribution in [0.5, 0.6) is 0 Å². The second kappa shape index (κ2) is 6.47. The minimum absolute atomic E-state index is 0.00601. The zero-order valence-corrected chi connectivity index (χ0v) is 13.6. The number of halogens is 1. The molecule has 21 heavy (non-hydrogen) atoms. The number of hydrazine groups is 1. The number of aryl methyl sites for hydroxylation is 2. The van der Waals surface area contributed by atoms with Crippen LogP contribution in [0.3, 0.4) is 0 Å². The van der Waals surface area contributed by atoms with Crippen LogP contribution in [0, 0.1) is 6.92 Å². The quantitative estimate of drug-likeness (QED) is 0.657. The molecular weight excluding hydrogens is 286 g/mol. The summed E-state index contributed by atoms with van der Waals surface area (Å²) in [6.45, 7) is 1.91. The number of hydrogen-bond acceptors (Lipinski definition) is 4. The van der Waals surface area contributed by atoms with Gasteiger partial charge in [0.05, 0.1) is 22.5 Å². The first-order valence-electron chi connectivity index (χ1n) is 6.85. The molecule has 3 N–H and O–H groups in total. The third-order valence-electron chi connectivity index (χ3n) is 3.67. The number of nitrogens with two attached hydrogens (primary N) is 1. The van der Waals surface area contributed by atoms with Crippen molar-refractivity contribution in [3.05, 3.63) is 46.2 Å². The molecule has 0 aliphatic rings. The van der Waals surface area contributed by atoms with E-state index >= 15 is 0 Å². The van der Waals surface area contributed by atoms with Crippen LogP contribution in [-0.4, -0.2) is 23.9 Å². The number of hydrogen-bond donors (Lipinski definition) is 2. The van der Waals surface area contributed by atoms with E-state index in [-0.39, 0.29) is 6.04 Å². The highest BCUT2D eigenvalue weighted by Gasteiger charge is 2.17. The Kier molecular flexibility index (Phi) is 4.88. The van der Waals surface area contributed by atoms with E-state index in [2.05, 4.69) is 39.7 Å². The Balaban J connectivity index is 2.23. The Labute approximate surface area is 130 Å². The molecule has 0 aliphatic heterocycles. The van der Waals surface area contributed by atoms with Crippen LogP contribution in [0.15, 0.2) is 24.3 Å². The van der Waals surface area contributed by atoms with Gasteiger partial charge < -0.3 is 4.90 Å². The highest BCUT2D eigenvalue weighted by atomic mass is 35.5. The highest BCUT2D eigenvalue weighted by molar-refractivity contribution is 6.31. The molecule has 1 atom stereocenters. The predicted molar refractivity (Wildman–Crippen MR) is 87.5 cm³/mol. The molecule has 0 fully saturated rings. The first kappa shape index (κ1) is 15.8. The van der Waals surface area contributed by atoms with Crippen molar-refractivity contribution in [2.75, 3.05) is 19.0 Å². The minimum atomic E-state index is -0.00601. The summed E-state index contributed by atoms with van der Waals surface area (Å²) in [6, 6.07) is 8.31. The molecule has 0 radical (unpaired) electrons. The van der Waals surface area contributed by atoms with Gasteiger partial charge in [-0.15, -0.1) is 0 Å². The fourth-order valence-corrected chi connectivity index (χ4v) is 2.61. The molecule has 1 aromatic carbocycles. The number of nitrogens with zero attached hydrogens (tertiary/aromatic N) is 3. The molecule has 1 heterocycles. The monoisotopic (exact) mass is 307 g/mol. The van der Waals surface area contributed by atoms with Crippen molar-refractivity contribution in [3.63, 3.8) is 0 Å². The van der Waals surface area contributed by atoms with Crippen LogP contribution < -0.4 is 16.2 Å². The molecule has 2 rings (SSSR count). The maximum absolute atomic E-state index is 6.31. The fraction of sp³-hybridized carbons (Fsp3) is 0.400. The smallest absolute Gasteiger partial charge is 0.0847 e. The van der Waals surface area contributed by atoms with E-state index in [1.54, 1.807) is 0 Å². The second-order valence-electron chi connectivity index (χ2n) is 5.38. The summed E-state index contributed by atoms with van der Waals surface area (Å²) in [6.07, 6.45) is 0.688. The summed E-state index contributed by atoms with van der Waals surface area (Å²) in [7, 11) is 5.94. The molecule has 0 aliphatic carbocycles. The van der Waals surface area contributed by atoms with Crippen LogP contribution in [-0.2, 0) is 13.5 Å². The van der Waals surface area contributed by atoms with E-state index in [1.807, 2.05) is 32.7 Å². The van der Waals surface area contributed by atoms with Gasteiger partial charge in [0.2, 0.25) is 0 Å². The van der Waals surface area contributed by atoms with Gasteiger partial charge in [-0.3, -0.25) is 16.0 Å². The van der Waals surface area contributed by atoms with E-state index in [0.717, 1.165) is 22.6 Å². The average Bonchev–Trinajstić information content (AvgIpc) is 2.70. The Hall–Kier alpha value is -1.56. The summed E-state index contributed by atoms with van der Waals surface area (Å²) < 4.78 is 1.82. The molecule has 5 nitrogen and oxygen atoms in total. The average molecular weight is 308 g/mol. The van der Waals surface area contributed by atoms with Gasteiger partial charge in [-0.2, -0.15) is 5.10 Å². The molecule has 0 amide bonds. The summed E-state index contributed by atoms with van der Waals surface area (Å²) in [5, 5.41) is 5.05. The molecule has 0 bridgehead atoms. The van der Waals surface area contributed by atoms with Crippen molar-refractivity contribution in [2.24, 2.45) is 12.9 Å². The Morgan fingerprint density at radius 2 is 1.95 bits per heavy atom. The van der Waals surface area contributed by atoms with Crippen molar-refractivity contribution >= 4 is 17.3 Å². The number of rotatable bonds is 5. The second-order valence-corrected chi connectivity index (χ2v) is 5.76. The zero-order chi connectivity index (χ0) is 15.6. The van der Waals surface area contributed by atoms with Crippen LogP contribution in [0.4, 0.5) is 5.69 Å². The zero-order valence-electron chi connectivity index (χ0n) is 12.9. The lowest BCUT2D eigenvalue weighted by atomic mass is 10.0. The first-order valence-corrected chi connectivity index (χ1v) is 7.23. The van der Waals surface area contributed by atoms with Crippen LogP contribution in [0.1, 0.15) is 23.0 Å². The molecule has 1 unspecified atom stereocenters. The number of benzene rings is 1. The van der Waals surface area contributed by atoms with Gasteiger partial charge in [-0.05, 0) is 24.6 Å². The van der Waals surface area contributed by atoms with Gasteiger partial charge in [0.15, 0.2) is 0 Å². The van der Waals surface area contributed by atoms with E-state index in [9.17, 15) is 0 Å². The lowest BCUT2D eigenvalue weighted by Crippen LogP contribution is -2.30. The maximum atomic E-state index is 6.31. The van der Waals surface area contributed by atoms with Gasteiger partial charge in [-0.1, -0.05) is 23.7 Å². The number of aromatic nitrogens is 2. The standard InChI is InChI=1S/C15H22ClN5/c1-10-15(16)14(21(4)19-10)9-13(18-17)11-5-7-12(8-6-11)20(2)3/h5-8,13,18H,9,17H2,1-4H3. The molecule has 0 saturated heterocycles. The third-order valence-corrected chi connectivity index (χ3v) is 4.16. The SMILES string of the molecule is Cc1nn(C)c(CC(NN)c2ccc(N(C)C)cc2)c1Cl. The van der Waals surface area contributed by atoms with Gasteiger partial charge in [-0.25, -0.2) is 0 Å². The molecule has 1 aromatic heterocycles. The van der Waals surface area contributed by atoms with E-state index in [0.29, 0.717) is 11.4 Å². The summed E-state index contributed by atoms with van der Waals surface area (Å²) >= 11 is 6.31. The summed E-state index contributed by atoms with van der Waals surface area (Å²) in [5.74, 6) is 5.72. The van der Waals surface area contributed by atoms with Crippen molar-refractivity contribution in [1.29, 1.82) is 0 Å². The van der Waals surface area contributed by atoms with Gasteiger partial charge in [0, 0.05) is 33.3 Å². The Morgan fingerprint density at radius 1 is 1.33 bits per heavy atom.